The van der Waals surface area contributed by atoms with Crippen LogP contribution >= 0.6 is 0 Å². The van der Waals surface area contributed by atoms with Crippen molar-refractivity contribution in [2.45, 2.75) is 20.0 Å². The highest BCUT2D eigenvalue weighted by Gasteiger charge is 2.25. The van der Waals surface area contributed by atoms with Crippen molar-refractivity contribution in [1.29, 1.82) is 0 Å². The number of benzene rings is 1. The molecule has 3 rings (SSSR count). The van der Waals surface area contributed by atoms with Crippen molar-refractivity contribution in [3.8, 4) is 11.4 Å². The van der Waals surface area contributed by atoms with Crippen LogP contribution < -0.4 is 0 Å². The van der Waals surface area contributed by atoms with E-state index in [1.165, 1.54) is 11.3 Å². The van der Waals surface area contributed by atoms with Crippen molar-refractivity contribution in [2.24, 2.45) is 0 Å². The SMILES string of the molecule is Cc1nn(-c2ccccc2O)c2c1CN(C)C2. The first-order valence-electron chi connectivity index (χ1n) is 5.71. The Hall–Kier alpha value is -1.81. The molecule has 4 heteroatoms. The van der Waals surface area contributed by atoms with Gasteiger partial charge < -0.3 is 5.11 Å². The molecule has 1 aromatic heterocycles. The zero-order valence-corrected chi connectivity index (χ0v) is 10.0. The van der Waals surface area contributed by atoms with Crippen LogP contribution in [0.25, 0.3) is 5.69 Å². The zero-order chi connectivity index (χ0) is 12.0. The van der Waals surface area contributed by atoms with Crippen LogP contribution in [0.5, 0.6) is 5.75 Å². The largest absolute Gasteiger partial charge is 0.506 e. The van der Waals surface area contributed by atoms with E-state index in [-0.39, 0.29) is 5.75 Å². The molecular weight excluding hydrogens is 214 g/mol. The lowest BCUT2D eigenvalue weighted by Crippen LogP contribution is -2.12. The summed E-state index contributed by atoms with van der Waals surface area (Å²) in [5.74, 6) is 0.271. The molecule has 17 heavy (non-hydrogen) atoms. The smallest absolute Gasteiger partial charge is 0.141 e. The van der Waals surface area contributed by atoms with Crippen molar-refractivity contribution in [2.75, 3.05) is 7.05 Å². The Kier molecular flexibility index (Phi) is 2.19. The molecule has 0 spiro atoms. The van der Waals surface area contributed by atoms with Gasteiger partial charge in [-0.3, -0.25) is 4.90 Å². The molecule has 0 saturated carbocycles. The highest BCUT2D eigenvalue weighted by molar-refractivity contribution is 5.48. The van der Waals surface area contributed by atoms with Gasteiger partial charge in [-0.25, -0.2) is 4.68 Å². The highest BCUT2D eigenvalue weighted by atomic mass is 16.3. The Morgan fingerprint density at radius 3 is 2.76 bits per heavy atom. The molecule has 2 heterocycles. The Labute approximate surface area is 100 Å². The van der Waals surface area contributed by atoms with Gasteiger partial charge in [-0.2, -0.15) is 5.10 Å². The van der Waals surface area contributed by atoms with E-state index in [9.17, 15) is 5.11 Å². The van der Waals surface area contributed by atoms with Crippen LogP contribution in [0.4, 0.5) is 0 Å². The van der Waals surface area contributed by atoms with E-state index in [0.29, 0.717) is 0 Å². The second kappa shape index (κ2) is 3.60. The molecule has 4 nitrogen and oxygen atoms in total. The van der Waals surface area contributed by atoms with Gasteiger partial charge in [0.2, 0.25) is 0 Å². The fraction of sp³-hybridized carbons (Fsp3) is 0.308. The number of aryl methyl sites for hydroxylation is 1. The summed E-state index contributed by atoms with van der Waals surface area (Å²) in [6.07, 6.45) is 0. The molecule has 2 aromatic rings. The molecular formula is C13H15N3O. The maximum Gasteiger partial charge on any atom is 0.141 e. The third-order valence-electron chi connectivity index (χ3n) is 3.25. The van der Waals surface area contributed by atoms with Crippen molar-refractivity contribution in [3.05, 3.63) is 41.2 Å². The van der Waals surface area contributed by atoms with Crippen LogP contribution in [0, 0.1) is 6.92 Å². The highest BCUT2D eigenvalue weighted by Crippen LogP contribution is 2.29. The topological polar surface area (TPSA) is 41.3 Å². The van der Waals surface area contributed by atoms with Gasteiger partial charge in [0, 0.05) is 18.7 Å². The lowest BCUT2D eigenvalue weighted by atomic mass is 10.2. The van der Waals surface area contributed by atoms with Crippen LogP contribution in [0.15, 0.2) is 24.3 Å². The number of aromatic nitrogens is 2. The average Bonchev–Trinajstić information content (AvgIpc) is 2.80. The summed E-state index contributed by atoms with van der Waals surface area (Å²) in [5, 5.41) is 14.4. The van der Waals surface area contributed by atoms with Gasteiger partial charge >= 0.3 is 0 Å². The fourth-order valence-corrected chi connectivity index (χ4v) is 2.40. The number of para-hydroxylation sites is 2. The normalized spacial score (nSPS) is 15.2. The maximum atomic E-state index is 9.90. The quantitative estimate of drug-likeness (QED) is 0.811. The molecule has 0 fully saturated rings. The van der Waals surface area contributed by atoms with E-state index in [1.807, 2.05) is 29.8 Å². The Morgan fingerprint density at radius 2 is 2.00 bits per heavy atom. The van der Waals surface area contributed by atoms with Crippen molar-refractivity contribution in [1.82, 2.24) is 14.7 Å². The van der Waals surface area contributed by atoms with Gasteiger partial charge in [-0.05, 0) is 26.1 Å². The van der Waals surface area contributed by atoms with E-state index < -0.39 is 0 Å². The van der Waals surface area contributed by atoms with Crippen molar-refractivity contribution < 1.29 is 5.11 Å². The molecule has 0 aliphatic carbocycles. The molecule has 1 N–H and O–H groups in total. The predicted molar refractivity (Wildman–Crippen MR) is 65.1 cm³/mol. The molecule has 1 aliphatic heterocycles. The lowest BCUT2D eigenvalue weighted by molar-refractivity contribution is 0.344. The van der Waals surface area contributed by atoms with E-state index in [2.05, 4.69) is 17.0 Å². The van der Waals surface area contributed by atoms with E-state index in [0.717, 1.165) is 24.5 Å². The molecule has 0 amide bonds. The minimum absolute atomic E-state index is 0.271. The molecule has 1 aromatic carbocycles. The standard InChI is InChI=1S/C13H15N3O/c1-9-10-7-15(2)8-12(10)16(14-9)11-5-3-4-6-13(11)17/h3-6,17H,7-8H2,1-2H3. The number of fused-ring (bicyclic) bond motifs is 1. The summed E-state index contributed by atoms with van der Waals surface area (Å²) < 4.78 is 1.86. The third kappa shape index (κ3) is 1.52. The lowest BCUT2D eigenvalue weighted by Gasteiger charge is -2.10. The number of rotatable bonds is 1. The Bertz CT molecular complexity index is 574. The van der Waals surface area contributed by atoms with Crippen molar-refractivity contribution in [3.63, 3.8) is 0 Å². The summed E-state index contributed by atoms with van der Waals surface area (Å²) >= 11 is 0. The minimum atomic E-state index is 0.271. The Morgan fingerprint density at radius 1 is 1.24 bits per heavy atom. The summed E-state index contributed by atoms with van der Waals surface area (Å²) in [6.45, 7) is 3.84. The molecule has 88 valence electrons. The zero-order valence-electron chi connectivity index (χ0n) is 10.0. The van der Waals surface area contributed by atoms with Crippen LogP contribution in [-0.2, 0) is 13.1 Å². The van der Waals surface area contributed by atoms with Crippen LogP contribution in [0.3, 0.4) is 0 Å². The van der Waals surface area contributed by atoms with E-state index in [1.54, 1.807) is 6.07 Å². The number of nitrogens with zero attached hydrogens (tertiary/aromatic N) is 3. The van der Waals surface area contributed by atoms with Crippen LogP contribution in [-0.4, -0.2) is 26.8 Å². The van der Waals surface area contributed by atoms with E-state index >= 15 is 0 Å². The van der Waals surface area contributed by atoms with Gasteiger partial charge in [-0.1, -0.05) is 12.1 Å². The maximum absolute atomic E-state index is 9.90. The van der Waals surface area contributed by atoms with Gasteiger partial charge in [0.15, 0.2) is 0 Å². The molecule has 0 radical (unpaired) electrons. The number of hydrogen-bond acceptors (Lipinski definition) is 3. The summed E-state index contributed by atoms with van der Waals surface area (Å²) in [7, 11) is 2.09. The molecule has 0 bridgehead atoms. The third-order valence-corrected chi connectivity index (χ3v) is 3.25. The number of phenols is 1. The van der Waals surface area contributed by atoms with Gasteiger partial charge in [0.05, 0.1) is 11.4 Å². The first kappa shape index (κ1) is 10.4. The average molecular weight is 229 g/mol. The summed E-state index contributed by atoms with van der Waals surface area (Å²) in [4.78, 5) is 2.25. The molecule has 0 saturated heterocycles. The minimum Gasteiger partial charge on any atom is -0.506 e. The van der Waals surface area contributed by atoms with Crippen molar-refractivity contribution >= 4 is 0 Å². The summed E-state index contributed by atoms with van der Waals surface area (Å²) in [5.41, 5.74) is 4.28. The van der Waals surface area contributed by atoms with Crippen LogP contribution in [0.2, 0.25) is 0 Å². The van der Waals surface area contributed by atoms with Gasteiger partial charge in [0.25, 0.3) is 0 Å². The van der Waals surface area contributed by atoms with Gasteiger partial charge in [-0.15, -0.1) is 0 Å². The predicted octanol–water partition coefficient (Wildman–Crippen LogP) is 1.83. The number of aromatic hydroxyl groups is 1. The number of phenolic OH excluding ortho intramolecular Hbond substituents is 1. The fourth-order valence-electron chi connectivity index (χ4n) is 2.40. The molecule has 1 aliphatic rings. The second-order valence-electron chi connectivity index (χ2n) is 4.58. The molecule has 0 unspecified atom stereocenters. The monoisotopic (exact) mass is 229 g/mol. The van der Waals surface area contributed by atoms with E-state index in [4.69, 9.17) is 0 Å². The first-order chi connectivity index (χ1) is 8.16. The second-order valence-corrected chi connectivity index (χ2v) is 4.58. The Balaban J connectivity index is 2.18. The molecule has 0 atom stereocenters. The number of hydrogen-bond donors (Lipinski definition) is 1. The van der Waals surface area contributed by atoms with Crippen LogP contribution in [0.1, 0.15) is 17.0 Å². The summed E-state index contributed by atoms with van der Waals surface area (Å²) in [6, 6.07) is 7.32. The first-order valence-corrected chi connectivity index (χ1v) is 5.71. The van der Waals surface area contributed by atoms with Gasteiger partial charge in [0.1, 0.15) is 11.4 Å².